The molecule has 0 saturated heterocycles. The lowest BCUT2D eigenvalue weighted by atomic mass is 10.3. The van der Waals surface area contributed by atoms with E-state index in [1.54, 1.807) is 11.7 Å². The molecule has 0 aliphatic carbocycles. The number of amides is 1. The molecule has 2 rings (SSSR count). The summed E-state index contributed by atoms with van der Waals surface area (Å²) >= 11 is 0. The fourth-order valence-electron chi connectivity index (χ4n) is 1.64. The number of nitrogens with zero attached hydrogens (tertiary/aromatic N) is 3. The highest BCUT2D eigenvalue weighted by molar-refractivity contribution is 5.97. The van der Waals surface area contributed by atoms with E-state index < -0.39 is 0 Å². The van der Waals surface area contributed by atoms with E-state index in [2.05, 4.69) is 10.4 Å². The van der Waals surface area contributed by atoms with E-state index in [0.29, 0.717) is 11.4 Å². The minimum Gasteiger partial charge on any atom is -0.395 e. The van der Waals surface area contributed by atoms with Crippen molar-refractivity contribution in [2.45, 2.75) is 0 Å². The first-order chi connectivity index (χ1) is 8.24. The van der Waals surface area contributed by atoms with Crippen LogP contribution in [0.4, 0.5) is 0 Å². The van der Waals surface area contributed by atoms with Crippen molar-refractivity contribution in [3.63, 3.8) is 0 Å². The Morgan fingerprint density at radius 2 is 2.18 bits per heavy atom. The fraction of sp³-hybridized carbons (Fsp3) is 0.273. The Bertz CT molecular complexity index is 502. The van der Waals surface area contributed by atoms with Crippen molar-refractivity contribution in [3.8, 4) is 5.82 Å². The topological polar surface area (TPSA) is 72.1 Å². The van der Waals surface area contributed by atoms with Crippen molar-refractivity contribution >= 4 is 5.91 Å². The zero-order valence-electron chi connectivity index (χ0n) is 9.50. The number of carbonyl (C=O) groups is 1. The molecule has 0 radical (unpaired) electrons. The van der Waals surface area contributed by atoms with E-state index in [0.717, 1.165) is 0 Å². The van der Waals surface area contributed by atoms with Gasteiger partial charge in [-0.2, -0.15) is 5.10 Å². The molecule has 0 unspecified atom stereocenters. The van der Waals surface area contributed by atoms with E-state index in [1.807, 2.05) is 29.1 Å². The van der Waals surface area contributed by atoms with E-state index in [9.17, 15) is 4.79 Å². The Kier molecular flexibility index (Phi) is 3.24. The van der Waals surface area contributed by atoms with Crippen LogP contribution in [0.15, 0.2) is 30.7 Å². The van der Waals surface area contributed by atoms with Gasteiger partial charge in [0.15, 0.2) is 0 Å². The summed E-state index contributed by atoms with van der Waals surface area (Å²) in [4.78, 5) is 11.8. The molecule has 0 aromatic carbocycles. The van der Waals surface area contributed by atoms with Gasteiger partial charge >= 0.3 is 0 Å². The molecule has 0 saturated carbocycles. The second-order valence-electron chi connectivity index (χ2n) is 3.58. The van der Waals surface area contributed by atoms with Crippen LogP contribution < -0.4 is 5.32 Å². The Morgan fingerprint density at radius 1 is 1.47 bits per heavy atom. The van der Waals surface area contributed by atoms with Gasteiger partial charge in [-0.15, -0.1) is 0 Å². The average Bonchev–Trinajstić information content (AvgIpc) is 2.94. The maximum Gasteiger partial charge on any atom is 0.256 e. The Labute approximate surface area is 98.5 Å². The molecule has 0 aliphatic rings. The molecule has 2 aromatic rings. The van der Waals surface area contributed by atoms with Crippen molar-refractivity contribution in [1.29, 1.82) is 0 Å². The average molecular weight is 234 g/mol. The predicted octanol–water partition coefficient (Wildman–Crippen LogP) is -0.0671. The van der Waals surface area contributed by atoms with Crippen molar-refractivity contribution in [2.75, 3.05) is 13.2 Å². The first kappa shape index (κ1) is 11.4. The molecule has 2 N–H and O–H groups in total. The third kappa shape index (κ3) is 2.21. The Balaban J connectivity index is 2.33. The van der Waals surface area contributed by atoms with Crippen LogP contribution in [0.3, 0.4) is 0 Å². The molecular formula is C11H14N4O2. The number of nitrogens with one attached hydrogen (secondary N) is 1. The maximum atomic E-state index is 11.8. The number of aliphatic hydroxyl groups excluding tert-OH is 1. The lowest BCUT2D eigenvalue weighted by molar-refractivity contribution is 0.0944. The van der Waals surface area contributed by atoms with Crippen molar-refractivity contribution in [2.24, 2.45) is 7.05 Å². The van der Waals surface area contributed by atoms with Gasteiger partial charge < -0.3 is 15.0 Å². The number of hydrogen-bond donors (Lipinski definition) is 2. The Morgan fingerprint density at radius 3 is 2.82 bits per heavy atom. The van der Waals surface area contributed by atoms with Gasteiger partial charge in [-0.05, 0) is 12.1 Å². The molecule has 17 heavy (non-hydrogen) atoms. The van der Waals surface area contributed by atoms with Gasteiger partial charge in [-0.3, -0.25) is 9.48 Å². The lowest BCUT2D eigenvalue weighted by Gasteiger charge is -2.07. The van der Waals surface area contributed by atoms with Gasteiger partial charge in [0.2, 0.25) is 0 Å². The van der Waals surface area contributed by atoms with Crippen molar-refractivity contribution in [3.05, 3.63) is 36.3 Å². The number of carbonyl (C=O) groups excluding carboxylic acids is 1. The van der Waals surface area contributed by atoms with Gasteiger partial charge in [-0.1, -0.05) is 0 Å². The van der Waals surface area contributed by atoms with Crippen LogP contribution in [0.2, 0.25) is 0 Å². The summed E-state index contributed by atoms with van der Waals surface area (Å²) in [6.45, 7) is 0.156. The van der Waals surface area contributed by atoms with Gasteiger partial charge in [0.1, 0.15) is 11.4 Å². The van der Waals surface area contributed by atoms with Gasteiger partial charge in [0, 0.05) is 26.0 Å². The number of aryl methyl sites for hydroxylation is 1. The molecule has 0 aliphatic heterocycles. The van der Waals surface area contributed by atoms with Crippen LogP contribution >= 0.6 is 0 Å². The third-order valence-electron chi connectivity index (χ3n) is 2.40. The first-order valence-corrected chi connectivity index (χ1v) is 5.28. The van der Waals surface area contributed by atoms with Crippen molar-refractivity contribution in [1.82, 2.24) is 19.7 Å². The second kappa shape index (κ2) is 4.84. The molecule has 90 valence electrons. The van der Waals surface area contributed by atoms with Gasteiger partial charge in [-0.25, -0.2) is 0 Å². The van der Waals surface area contributed by atoms with Crippen molar-refractivity contribution < 1.29 is 9.90 Å². The van der Waals surface area contributed by atoms with Crippen LogP contribution in [0.1, 0.15) is 10.4 Å². The van der Waals surface area contributed by atoms with E-state index in [-0.39, 0.29) is 19.1 Å². The quantitative estimate of drug-likeness (QED) is 0.778. The van der Waals surface area contributed by atoms with Crippen LogP contribution in [0.5, 0.6) is 0 Å². The largest absolute Gasteiger partial charge is 0.395 e. The number of aromatic nitrogens is 3. The maximum absolute atomic E-state index is 11.8. The van der Waals surface area contributed by atoms with Crippen LogP contribution in [-0.4, -0.2) is 38.5 Å². The normalized spacial score (nSPS) is 10.5. The molecule has 6 nitrogen and oxygen atoms in total. The highest BCUT2D eigenvalue weighted by Gasteiger charge is 2.16. The standard InChI is InChI=1S/C11H14N4O2/c1-14-11(15-5-2-3-6-15)9(8-13-14)10(17)12-4-7-16/h2-3,5-6,8,16H,4,7H2,1H3,(H,12,17). The first-order valence-electron chi connectivity index (χ1n) is 5.28. The summed E-state index contributed by atoms with van der Waals surface area (Å²) in [6.07, 6.45) is 5.21. The number of rotatable bonds is 4. The summed E-state index contributed by atoms with van der Waals surface area (Å²) in [5, 5.41) is 15.4. The van der Waals surface area contributed by atoms with Gasteiger partial charge in [0.05, 0.1) is 12.8 Å². The van der Waals surface area contributed by atoms with Crippen LogP contribution in [-0.2, 0) is 7.05 Å². The molecular weight excluding hydrogens is 220 g/mol. The zero-order valence-corrected chi connectivity index (χ0v) is 9.50. The fourth-order valence-corrected chi connectivity index (χ4v) is 1.64. The van der Waals surface area contributed by atoms with E-state index in [4.69, 9.17) is 5.11 Å². The minimum atomic E-state index is -0.240. The summed E-state index contributed by atoms with van der Waals surface area (Å²) in [5.41, 5.74) is 0.483. The molecule has 2 heterocycles. The van der Waals surface area contributed by atoms with E-state index in [1.165, 1.54) is 6.20 Å². The summed E-state index contributed by atoms with van der Waals surface area (Å²) in [5.74, 6) is 0.460. The molecule has 0 atom stereocenters. The lowest BCUT2D eigenvalue weighted by Crippen LogP contribution is -2.27. The monoisotopic (exact) mass is 234 g/mol. The summed E-state index contributed by atoms with van der Waals surface area (Å²) < 4.78 is 3.45. The Hall–Kier alpha value is -2.08. The molecule has 0 bridgehead atoms. The predicted molar refractivity (Wildman–Crippen MR) is 62.0 cm³/mol. The SMILES string of the molecule is Cn1ncc(C(=O)NCCO)c1-n1cccc1. The van der Waals surface area contributed by atoms with Crippen LogP contribution in [0.25, 0.3) is 5.82 Å². The molecule has 1 amide bonds. The summed E-state index contributed by atoms with van der Waals surface area (Å²) in [7, 11) is 1.78. The van der Waals surface area contributed by atoms with E-state index >= 15 is 0 Å². The highest BCUT2D eigenvalue weighted by Crippen LogP contribution is 2.13. The second-order valence-corrected chi connectivity index (χ2v) is 3.58. The smallest absolute Gasteiger partial charge is 0.256 e. The molecule has 6 heteroatoms. The minimum absolute atomic E-state index is 0.0785. The van der Waals surface area contributed by atoms with Crippen LogP contribution in [0, 0.1) is 0 Å². The third-order valence-corrected chi connectivity index (χ3v) is 2.40. The summed E-state index contributed by atoms with van der Waals surface area (Å²) in [6, 6.07) is 3.75. The number of hydrogen-bond acceptors (Lipinski definition) is 3. The molecule has 0 fully saturated rings. The van der Waals surface area contributed by atoms with Gasteiger partial charge in [0.25, 0.3) is 5.91 Å². The zero-order chi connectivity index (χ0) is 12.3. The molecule has 2 aromatic heterocycles. The molecule has 0 spiro atoms. The highest BCUT2D eigenvalue weighted by atomic mass is 16.3. The number of aliphatic hydroxyl groups is 1.